The standard InChI is InChI=1S/C23H26O5/c1-5-15-27-17-23(28-16-6-2,19-9-13-21(26-4)14-10-19)22(24)18-7-11-20(25-3)12-8-18/h5-14H,1-2,15-17H2,3-4H3. The average Bonchev–Trinajstić information content (AvgIpc) is 2.76. The molecule has 0 aliphatic rings. The number of hydrogen-bond acceptors (Lipinski definition) is 5. The summed E-state index contributed by atoms with van der Waals surface area (Å²) in [6.07, 6.45) is 3.23. The maximum absolute atomic E-state index is 13.6. The van der Waals surface area contributed by atoms with Crippen molar-refractivity contribution in [2.24, 2.45) is 0 Å². The number of carbonyl (C=O) groups excluding carboxylic acids is 1. The summed E-state index contributed by atoms with van der Waals surface area (Å²) in [4.78, 5) is 13.6. The Balaban J connectivity index is 2.52. The van der Waals surface area contributed by atoms with Crippen LogP contribution in [-0.2, 0) is 15.1 Å². The first-order chi connectivity index (χ1) is 13.6. The van der Waals surface area contributed by atoms with Gasteiger partial charge in [-0.2, -0.15) is 0 Å². The van der Waals surface area contributed by atoms with Crippen LogP contribution in [0.4, 0.5) is 0 Å². The lowest BCUT2D eigenvalue weighted by Crippen LogP contribution is -2.43. The maximum atomic E-state index is 13.6. The highest BCUT2D eigenvalue weighted by Crippen LogP contribution is 2.33. The molecule has 5 heteroatoms. The molecule has 0 saturated carbocycles. The smallest absolute Gasteiger partial charge is 0.201 e. The van der Waals surface area contributed by atoms with Crippen LogP contribution in [0.5, 0.6) is 11.5 Å². The highest BCUT2D eigenvalue weighted by Gasteiger charge is 2.42. The van der Waals surface area contributed by atoms with Crippen molar-refractivity contribution in [2.75, 3.05) is 34.0 Å². The van der Waals surface area contributed by atoms with Crippen molar-refractivity contribution in [1.29, 1.82) is 0 Å². The summed E-state index contributed by atoms with van der Waals surface area (Å²) in [5.41, 5.74) is -0.180. The van der Waals surface area contributed by atoms with Gasteiger partial charge in [0.25, 0.3) is 0 Å². The van der Waals surface area contributed by atoms with Crippen molar-refractivity contribution in [3.63, 3.8) is 0 Å². The number of methoxy groups -OCH3 is 2. The number of ether oxygens (including phenoxy) is 4. The quantitative estimate of drug-likeness (QED) is 0.313. The number of carbonyl (C=O) groups is 1. The average molecular weight is 382 g/mol. The summed E-state index contributed by atoms with van der Waals surface area (Å²) in [7, 11) is 3.17. The van der Waals surface area contributed by atoms with Gasteiger partial charge in [0, 0.05) is 5.56 Å². The highest BCUT2D eigenvalue weighted by atomic mass is 16.5. The van der Waals surface area contributed by atoms with Crippen LogP contribution in [0.1, 0.15) is 15.9 Å². The third-order valence-electron chi connectivity index (χ3n) is 4.26. The lowest BCUT2D eigenvalue weighted by atomic mass is 9.86. The van der Waals surface area contributed by atoms with E-state index >= 15 is 0 Å². The first-order valence-corrected chi connectivity index (χ1v) is 8.88. The fourth-order valence-electron chi connectivity index (χ4n) is 2.79. The molecule has 0 radical (unpaired) electrons. The lowest BCUT2D eigenvalue weighted by Gasteiger charge is -2.32. The SMILES string of the molecule is C=CCOCC(OCC=C)(C(=O)c1ccc(OC)cc1)c1ccc(OC)cc1. The van der Waals surface area contributed by atoms with Crippen LogP contribution in [0.3, 0.4) is 0 Å². The van der Waals surface area contributed by atoms with Gasteiger partial charge in [-0.3, -0.25) is 4.79 Å². The van der Waals surface area contributed by atoms with Crippen LogP contribution >= 0.6 is 0 Å². The number of ketones is 1. The zero-order valence-corrected chi connectivity index (χ0v) is 16.4. The largest absolute Gasteiger partial charge is 0.497 e. The fourth-order valence-corrected chi connectivity index (χ4v) is 2.79. The molecule has 148 valence electrons. The third kappa shape index (κ3) is 4.88. The molecule has 28 heavy (non-hydrogen) atoms. The van der Waals surface area contributed by atoms with E-state index in [1.807, 2.05) is 0 Å². The third-order valence-corrected chi connectivity index (χ3v) is 4.26. The molecule has 1 unspecified atom stereocenters. The van der Waals surface area contributed by atoms with Gasteiger partial charge in [0.05, 0.1) is 34.0 Å². The Morgan fingerprint density at radius 3 is 1.93 bits per heavy atom. The molecule has 5 nitrogen and oxygen atoms in total. The molecule has 0 heterocycles. The fraction of sp³-hybridized carbons (Fsp3) is 0.261. The van der Waals surface area contributed by atoms with Crippen LogP contribution in [0.15, 0.2) is 73.8 Å². The minimum absolute atomic E-state index is 0.0318. The highest BCUT2D eigenvalue weighted by molar-refractivity contribution is 6.03. The molecule has 2 rings (SSSR count). The second-order valence-electron chi connectivity index (χ2n) is 6.02. The van der Waals surface area contributed by atoms with Crippen molar-refractivity contribution in [1.82, 2.24) is 0 Å². The Morgan fingerprint density at radius 2 is 1.43 bits per heavy atom. The zero-order chi connectivity index (χ0) is 20.4. The van der Waals surface area contributed by atoms with Gasteiger partial charge in [-0.05, 0) is 42.0 Å². The normalized spacial score (nSPS) is 12.6. The second kappa shape index (κ2) is 10.4. The zero-order valence-electron chi connectivity index (χ0n) is 16.4. The first kappa shape index (κ1) is 21.4. The Bertz CT molecular complexity index is 780. The summed E-state index contributed by atoms with van der Waals surface area (Å²) in [5.74, 6) is 1.14. The minimum Gasteiger partial charge on any atom is -0.497 e. The molecule has 2 aromatic rings. The first-order valence-electron chi connectivity index (χ1n) is 8.88. The molecule has 1 atom stereocenters. The van der Waals surface area contributed by atoms with Gasteiger partial charge in [0.15, 0.2) is 5.60 Å². The molecule has 0 N–H and O–H groups in total. The van der Waals surface area contributed by atoms with Crippen molar-refractivity contribution in [2.45, 2.75) is 5.60 Å². The molecule has 2 aromatic carbocycles. The summed E-state index contributed by atoms with van der Waals surface area (Å²) in [5, 5.41) is 0. The Kier molecular flexibility index (Phi) is 7.99. The van der Waals surface area contributed by atoms with E-state index in [4.69, 9.17) is 18.9 Å². The van der Waals surface area contributed by atoms with Crippen molar-refractivity contribution >= 4 is 5.78 Å². The Morgan fingerprint density at radius 1 is 0.893 bits per heavy atom. The molecule has 0 fully saturated rings. The maximum Gasteiger partial charge on any atom is 0.201 e. The van der Waals surface area contributed by atoms with Crippen molar-refractivity contribution < 1.29 is 23.7 Å². The molecule has 0 saturated heterocycles. The predicted octanol–water partition coefficient (Wildman–Crippen LogP) is 4.19. The summed E-state index contributed by atoms with van der Waals surface area (Å²) < 4.78 is 22.2. The molecular formula is C23H26O5. The summed E-state index contributed by atoms with van der Waals surface area (Å²) >= 11 is 0. The number of hydrogen-bond donors (Lipinski definition) is 0. The van der Waals surface area contributed by atoms with Gasteiger partial charge >= 0.3 is 0 Å². The lowest BCUT2D eigenvalue weighted by molar-refractivity contribution is -0.0649. The molecule has 0 spiro atoms. The van der Waals surface area contributed by atoms with E-state index in [1.54, 1.807) is 74.9 Å². The van der Waals surface area contributed by atoms with Crippen LogP contribution < -0.4 is 9.47 Å². The van der Waals surface area contributed by atoms with E-state index in [9.17, 15) is 4.79 Å². The van der Waals surface area contributed by atoms with Crippen LogP contribution in [0.2, 0.25) is 0 Å². The molecule has 0 aromatic heterocycles. The van der Waals surface area contributed by atoms with Crippen LogP contribution in [-0.4, -0.2) is 39.8 Å². The van der Waals surface area contributed by atoms with Gasteiger partial charge in [0.2, 0.25) is 5.78 Å². The monoisotopic (exact) mass is 382 g/mol. The second-order valence-corrected chi connectivity index (χ2v) is 6.02. The Hall–Kier alpha value is -2.89. The molecule has 0 bridgehead atoms. The van der Waals surface area contributed by atoms with E-state index in [2.05, 4.69) is 13.2 Å². The van der Waals surface area contributed by atoms with Crippen molar-refractivity contribution in [3.05, 3.63) is 85.0 Å². The van der Waals surface area contributed by atoms with E-state index in [0.29, 0.717) is 29.2 Å². The topological polar surface area (TPSA) is 54.0 Å². The van der Waals surface area contributed by atoms with Crippen LogP contribution in [0.25, 0.3) is 0 Å². The van der Waals surface area contributed by atoms with E-state index < -0.39 is 5.60 Å². The molecule has 0 amide bonds. The van der Waals surface area contributed by atoms with E-state index in [1.165, 1.54) is 0 Å². The predicted molar refractivity (Wildman–Crippen MR) is 109 cm³/mol. The Labute approximate surface area is 166 Å². The summed E-state index contributed by atoms with van der Waals surface area (Å²) in [6.45, 7) is 7.88. The van der Waals surface area contributed by atoms with E-state index in [-0.39, 0.29) is 19.0 Å². The van der Waals surface area contributed by atoms with Gasteiger partial charge in [-0.15, -0.1) is 13.2 Å². The molecule has 0 aliphatic carbocycles. The van der Waals surface area contributed by atoms with Gasteiger partial charge in [0.1, 0.15) is 11.5 Å². The number of benzene rings is 2. The summed E-state index contributed by atoms with van der Waals surface area (Å²) in [6, 6.07) is 14.1. The number of rotatable bonds is 12. The number of Topliss-reactive ketones (excluding diaryl/α,β-unsaturated/α-hetero) is 1. The molecular weight excluding hydrogens is 356 g/mol. The van der Waals surface area contributed by atoms with E-state index in [0.717, 1.165) is 0 Å². The minimum atomic E-state index is -1.34. The van der Waals surface area contributed by atoms with Gasteiger partial charge < -0.3 is 18.9 Å². The van der Waals surface area contributed by atoms with Gasteiger partial charge in [-0.1, -0.05) is 24.3 Å². The van der Waals surface area contributed by atoms with Crippen molar-refractivity contribution in [3.8, 4) is 11.5 Å². The molecule has 0 aliphatic heterocycles. The van der Waals surface area contributed by atoms with Crippen LogP contribution in [0, 0.1) is 0 Å². The van der Waals surface area contributed by atoms with Gasteiger partial charge in [-0.25, -0.2) is 0 Å².